The minimum Gasteiger partial charge on any atom is -0.445 e. The highest BCUT2D eigenvalue weighted by molar-refractivity contribution is 5.68. The van der Waals surface area contributed by atoms with Crippen LogP contribution in [0.1, 0.15) is 55.2 Å². The summed E-state index contributed by atoms with van der Waals surface area (Å²) in [7, 11) is 0. The molecule has 206 valence electrons. The van der Waals surface area contributed by atoms with E-state index in [1.54, 1.807) is 0 Å². The summed E-state index contributed by atoms with van der Waals surface area (Å²) in [6.07, 6.45) is 4.25. The van der Waals surface area contributed by atoms with Gasteiger partial charge in [0.25, 0.3) is 0 Å². The number of rotatable bonds is 10. The number of hydrogen-bond acceptors (Lipinski definition) is 4. The van der Waals surface area contributed by atoms with Crippen LogP contribution >= 0.6 is 0 Å². The monoisotopic (exact) mass is 526 g/mol. The zero-order valence-electron chi connectivity index (χ0n) is 23.2. The number of nitrogens with zero attached hydrogens (tertiary/aromatic N) is 2. The van der Waals surface area contributed by atoms with Crippen molar-refractivity contribution in [1.82, 2.24) is 9.80 Å². The molecule has 0 radical (unpaired) electrons. The van der Waals surface area contributed by atoms with Crippen molar-refractivity contribution in [2.24, 2.45) is 5.92 Å². The number of carbonyl (C=O) groups is 1. The molecular weight excluding hydrogens is 484 g/mol. The number of benzene rings is 3. The van der Waals surface area contributed by atoms with Crippen molar-refractivity contribution >= 4 is 6.09 Å². The maximum Gasteiger partial charge on any atom is 0.410 e. The van der Waals surface area contributed by atoms with E-state index in [4.69, 9.17) is 9.47 Å². The first-order valence-electron chi connectivity index (χ1n) is 14.6. The van der Waals surface area contributed by atoms with Gasteiger partial charge >= 0.3 is 6.09 Å². The molecule has 1 saturated carbocycles. The molecule has 1 heterocycles. The van der Waals surface area contributed by atoms with Crippen molar-refractivity contribution in [1.29, 1.82) is 0 Å². The predicted octanol–water partition coefficient (Wildman–Crippen LogP) is 6.89. The van der Waals surface area contributed by atoms with Crippen LogP contribution in [0.2, 0.25) is 0 Å². The van der Waals surface area contributed by atoms with E-state index in [9.17, 15) is 4.79 Å². The largest absolute Gasteiger partial charge is 0.445 e. The van der Waals surface area contributed by atoms with Crippen molar-refractivity contribution in [3.05, 3.63) is 108 Å². The zero-order chi connectivity index (χ0) is 26.9. The second kappa shape index (κ2) is 13.8. The van der Waals surface area contributed by atoms with Crippen LogP contribution in [-0.2, 0) is 22.7 Å². The molecule has 0 spiro atoms. The molecule has 39 heavy (non-hydrogen) atoms. The Morgan fingerprint density at radius 2 is 1.41 bits per heavy atom. The van der Waals surface area contributed by atoms with Gasteiger partial charge in [0, 0.05) is 32.2 Å². The highest BCUT2D eigenvalue weighted by atomic mass is 16.6. The smallest absolute Gasteiger partial charge is 0.410 e. The molecule has 1 aliphatic carbocycles. The Balaban J connectivity index is 1.14. The lowest BCUT2D eigenvalue weighted by Crippen LogP contribution is -2.48. The average molecular weight is 527 g/mol. The minimum atomic E-state index is -0.196. The number of hydrogen-bond donors (Lipinski definition) is 0. The van der Waals surface area contributed by atoms with Gasteiger partial charge in [-0.3, -0.25) is 0 Å². The van der Waals surface area contributed by atoms with Crippen LogP contribution in [0.15, 0.2) is 91.0 Å². The highest BCUT2D eigenvalue weighted by Crippen LogP contribution is 2.42. The van der Waals surface area contributed by atoms with Gasteiger partial charge in [-0.25, -0.2) is 4.79 Å². The summed E-state index contributed by atoms with van der Waals surface area (Å²) in [5.74, 6) is 1.09. The van der Waals surface area contributed by atoms with E-state index in [1.807, 2.05) is 35.2 Å². The van der Waals surface area contributed by atoms with Gasteiger partial charge in [-0.1, -0.05) is 91.0 Å². The summed E-state index contributed by atoms with van der Waals surface area (Å²) in [5.41, 5.74) is 3.69. The van der Waals surface area contributed by atoms with E-state index < -0.39 is 0 Å². The summed E-state index contributed by atoms with van der Waals surface area (Å²) >= 11 is 0. The standard InChI is InChI=1S/C34H42N2O3/c1-2-36(34(37)39-26-28-14-8-4-9-15-28)31-18-20-35(21-19-31)24-30-22-32(38-25-27-12-6-3-7-13-27)23-33(30)29-16-10-5-11-17-29/h3-17,30-33H,2,18-26H2,1H3/t30-,32?,33?/m1/s1. The van der Waals surface area contributed by atoms with E-state index in [1.165, 1.54) is 11.1 Å². The van der Waals surface area contributed by atoms with Crippen LogP contribution in [0.25, 0.3) is 0 Å². The van der Waals surface area contributed by atoms with Gasteiger partial charge in [-0.05, 0) is 61.1 Å². The van der Waals surface area contributed by atoms with Crippen LogP contribution in [-0.4, -0.2) is 54.2 Å². The Morgan fingerprint density at radius 3 is 2.03 bits per heavy atom. The zero-order valence-corrected chi connectivity index (χ0v) is 23.2. The SMILES string of the molecule is CCN(C(=O)OCc1ccccc1)C1CCN(C[C@H]2CC(OCc3ccccc3)CC2c2ccccc2)CC1. The van der Waals surface area contributed by atoms with Gasteiger partial charge in [0.2, 0.25) is 0 Å². The second-order valence-electron chi connectivity index (χ2n) is 11.0. The first-order valence-corrected chi connectivity index (χ1v) is 14.6. The maximum absolute atomic E-state index is 12.9. The van der Waals surface area contributed by atoms with Gasteiger partial charge < -0.3 is 19.3 Å². The van der Waals surface area contributed by atoms with Gasteiger partial charge in [-0.15, -0.1) is 0 Å². The van der Waals surface area contributed by atoms with Crippen LogP contribution in [0, 0.1) is 5.92 Å². The molecule has 1 saturated heterocycles. The Hall–Kier alpha value is -3.15. The van der Waals surface area contributed by atoms with Crippen LogP contribution in [0.3, 0.4) is 0 Å². The Morgan fingerprint density at radius 1 is 0.821 bits per heavy atom. The third-order valence-corrected chi connectivity index (χ3v) is 8.48. The second-order valence-corrected chi connectivity index (χ2v) is 11.0. The van der Waals surface area contributed by atoms with Gasteiger partial charge in [0.15, 0.2) is 0 Å². The third-order valence-electron chi connectivity index (χ3n) is 8.48. The lowest BCUT2D eigenvalue weighted by Gasteiger charge is -2.39. The van der Waals surface area contributed by atoms with Crippen LogP contribution < -0.4 is 0 Å². The lowest BCUT2D eigenvalue weighted by atomic mass is 9.88. The molecule has 3 aromatic carbocycles. The molecule has 5 heteroatoms. The molecule has 5 rings (SSSR count). The number of likely N-dealkylation sites (tertiary alicyclic amines) is 1. The molecule has 0 aromatic heterocycles. The fourth-order valence-electron chi connectivity index (χ4n) is 6.39. The van der Waals surface area contributed by atoms with Crippen molar-refractivity contribution in [3.8, 4) is 0 Å². The molecule has 3 aromatic rings. The van der Waals surface area contributed by atoms with Crippen molar-refractivity contribution in [3.63, 3.8) is 0 Å². The Bertz CT molecular complexity index is 1130. The first-order chi connectivity index (χ1) is 19.2. The molecule has 2 aliphatic rings. The van der Waals surface area contributed by atoms with Crippen LogP contribution in [0.4, 0.5) is 4.79 Å². The average Bonchev–Trinajstić information content (AvgIpc) is 3.40. The van der Waals surface area contributed by atoms with E-state index in [0.717, 1.165) is 50.9 Å². The topological polar surface area (TPSA) is 42.0 Å². The molecule has 0 N–H and O–H groups in total. The maximum atomic E-state index is 12.9. The third kappa shape index (κ3) is 7.49. The van der Waals surface area contributed by atoms with Crippen molar-refractivity contribution < 1.29 is 14.3 Å². The van der Waals surface area contributed by atoms with E-state index in [-0.39, 0.29) is 18.2 Å². The molecule has 1 aliphatic heterocycles. The molecule has 2 fully saturated rings. The van der Waals surface area contributed by atoms with Crippen molar-refractivity contribution in [2.45, 2.75) is 63.9 Å². The summed E-state index contributed by atoms with van der Waals surface area (Å²) < 4.78 is 12.1. The quantitative estimate of drug-likeness (QED) is 0.289. The summed E-state index contributed by atoms with van der Waals surface area (Å²) in [5, 5.41) is 0. The molecule has 0 bridgehead atoms. The molecule has 5 nitrogen and oxygen atoms in total. The predicted molar refractivity (Wildman–Crippen MR) is 155 cm³/mol. The Labute approximate surface area is 233 Å². The minimum absolute atomic E-state index is 0.196. The Kier molecular flexibility index (Phi) is 9.68. The van der Waals surface area contributed by atoms with Gasteiger partial charge in [0.1, 0.15) is 6.61 Å². The number of carbonyl (C=O) groups excluding carboxylic acids is 1. The number of amides is 1. The molecule has 3 atom stereocenters. The molecule has 2 unspecified atom stereocenters. The van der Waals surface area contributed by atoms with E-state index in [2.05, 4.69) is 72.5 Å². The molecular formula is C34H42N2O3. The number of piperidine rings is 1. The fraction of sp³-hybridized carbons (Fsp3) is 0.441. The summed E-state index contributed by atoms with van der Waals surface area (Å²) in [6.45, 7) is 6.85. The van der Waals surface area contributed by atoms with E-state index in [0.29, 0.717) is 31.6 Å². The van der Waals surface area contributed by atoms with Gasteiger partial charge in [0.05, 0.1) is 12.7 Å². The summed E-state index contributed by atoms with van der Waals surface area (Å²) in [6, 6.07) is 31.6. The molecule has 1 amide bonds. The normalized spacial score (nSPS) is 22.0. The van der Waals surface area contributed by atoms with Gasteiger partial charge in [-0.2, -0.15) is 0 Å². The van der Waals surface area contributed by atoms with Crippen molar-refractivity contribution in [2.75, 3.05) is 26.2 Å². The fourth-order valence-corrected chi connectivity index (χ4v) is 6.39. The highest BCUT2D eigenvalue weighted by Gasteiger charge is 2.38. The summed E-state index contributed by atoms with van der Waals surface area (Å²) in [4.78, 5) is 17.4. The number of ether oxygens (including phenoxy) is 2. The van der Waals surface area contributed by atoms with Crippen LogP contribution in [0.5, 0.6) is 0 Å². The lowest BCUT2D eigenvalue weighted by molar-refractivity contribution is 0.0392. The van der Waals surface area contributed by atoms with E-state index >= 15 is 0 Å². The first kappa shape index (κ1) is 27.4.